The molecule has 1 fully saturated rings. The van der Waals surface area contributed by atoms with Crippen LogP contribution in [0.25, 0.3) is 0 Å². The van der Waals surface area contributed by atoms with E-state index in [0.717, 1.165) is 0 Å². The van der Waals surface area contributed by atoms with Gasteiger partial charge in [0, 0.05) is 18.2 Å². The fourth-order valence-corrected chi connectivity index (χ4v) is 5.52. The Kier molecular flexibility index (Phi) is 7.04. The van der Waals surface area contributed by atoms with Crippen molar-refractivity contribution in [1.29, 1.82) is 0 Å². The molecule has 162 valence electrons. The molecule has 2 aliphatic rings. The number of aliphatic hydroxyl groups excluding tert-OH is 1. The zero-order chi connectivity index (χ0) is 21.5. The third-order valence-electron chi connectivity index (χ3n) is 4.23. The lowest BCUT2D eigenvalue weighted by atomic mass is 9.87. The van der Waals surface area contributed by atoms with Crippen molar-refractivity contribution in [2.24, 2.45) is 5.41 Å². The summed E-state index contributed by atoms with van der Waals surface area (Å²) in [5, 5.41) is 12.7. The molecule has 0 radical (unpaired) electrons. The highest BCUT2D eigenvalue weighted by molar-refractivity contribution is 8.07. The van der Waals surface area contributed by atoms with E-state index in [1.165, 1.54) is 0 Å². The monoisotopic (exact) mass is 436 g/mol. The van der Waals surface area contributed by atoms with Crippen LogP contribution in [0.1, 0.15) is 61.3 Å². The highest BCUT2D eigenvalue weighted by atomic mass is 32.5. The first-order chi connectivity index (χ1) is 12.6. The molecule has 1 amide bonds. The lowest BCUT2D eigenvalue weighted by Crippen LogP contribution is -2.53. The summed E-state index contributed by atoms with van der Waals surface area (Å²) in [7, 11) is 0. The van der Waals surface area contributed by atoms with E-state index in [-0.39, 0.29) is 17.4 Å². The highest BCUT2D eigenvalue weighted by Crippen LogP contribution is 2.51. The second kappa shape index (κ2) is 8.30. The summed E-state index contributed by atoms with van der Waals surface area (Å²) in [5.41, 5.74) is -0.227. The van der Waals surface area contributed by atoms with Crippen LogP contribution in [0, 0.1) is 5.41 Å². The number of hydrogen-bond acceptors (Lipinski definition) is 7. The number of carbonyl (C=O) groups excluding carboxylic acids is 1. The number of aliphatic hydroxyl groups is 1. The number of amides is 1. The Balaban J connectivity index is 2.20. The fourth-order valence-electron chi connectivity index (χ4n) is 3.22. The van der Waals surface area contributed by atoms with Gasteiger partial charge in [-0.25, -0.2) is 0 Å². The lowest BCUT2D eigenvalue weighted by Gasteiger charge is -2.35. The minimum absolute atomic E-state index is 0.0510. The molecule has 0 aromatic heterocycles. The summed E-state index contributed by atoms with van der Waals surface area (Å²) in [6.07, 6.45) is 0.0288. The van der Waals surface area contributed by atoms with Gasteiger partial charge in [0.1, 0.15) is 6.23 Å². The van der Waals surface area contributed by atoms with E-state index in [1.54, 1.807) is 38.8 Å². The minimum atomic E-state index is -3.48. The predicted molar refractivity (Wildman–Crippen MR) is 109 cm³/mol. The van der Waals surface area contributed by atoms with Gasteiger partial charge in [0.05, 0.1) is 17.8 Å². The van der Waals surface area contributed by atoms with Crippen molar-refractivity contribution in [3.05, 3.63) is 11.8 Å². The Labute approximate surface area is 172 Å². The van der Waals surface area contributed by atoms with E-state index < -0.39 is 31.0 Å². The number of rotatable bonds is 5. The molecule has 3 unspecified atom stereocenters. The fraction of sp³-hybridized carbons (Fsp3) is 0.833. The molecule has 2 rings (SSSR count). The van der Waals surface area contributed by atoms with Gasteiger partial charge in [0.25, 0.3) is 5.91 Å². The van der Waals surface area contributed by atoms with Gasteiger partial charge in [0.15, 0.2) is 0 Å². The molecule has 0 aromatic carbocycles. The summed E-state index contributed by atoms with van der Waals surface area (Å²) in [6.45, 7) is 9.83. The Morgan fingerprint density at radius 2 is 1.96 bits per heavy atom. The maximum absolute atomic E-state index is 11.7. The normalized spacial score (nSPS) is 31.4. The largest absolute Gasteiger partial charge is 0.356 e. The van der Waals surface area contributed by atoms with Crippen LogP contribution in [-0.2, 0) is 30.4 Å². The summed E-state index contributed by atoms with van der Waals surface area (Å²) >= 11 is 5.21. The number of hydrogen-bond donors (Lipinski definition) is 3. The third-order valence-corrected chi connectivity index (χ3v) is 6.03. The molecule has 0 spiro atoms. The Hall–Kier alpha value is -0.540. The van der Waals surface area contributed by atoms with Gasteiger partial charge in [-0.1, -0.05) is 20.8 Å². The van der Waals surface area contributed by atoms with E-state index in [2.05, 4.69) is 26.1 Å². The average Bonchev–Trinajstić information content (AvgIpc) is 2.79. The van der Waals surface area contributed by atoms with Crippen LogP contribution in [0.4, 0.5) is 0 Å². The molecule has 5 atom stereocenters. The molecule has 2 heterocycles. The van der Waals surface area contributed by atoms with Gasteiger partial charge >= 0.3 is 6.72 Å². The van der Waals surface area contributed by atoms with Crippen LogP contribution in [0.15, 0.2) is 11.8 Å². The molecule has 0 aliphatic carbocycles. The molecule has 2 aliphatic heterocycles. The summed E-state index contributed by atoms with van der Waals surface area (Å²) in [6, 6.07) is 0. The van der Waals surface area contributed by atoms with E-state index in [0.29, 0.717) is 18.4 Å². The van der Waals surface area contributed by atoms with Crippen LogP contribution in [-0.4, -0.2) is 51.2 Å². The van der Waals surface area contributed by atoms with E-state index in [4.69, 9.17) is 25.6 Å². The molecule has 10 heteroatoms. The van der Waals surface area contributed by atoms with Crippen LogP contribution in [0.5, 0.6) is 0 Å². The van der Waals surface area contributed by atoms with Crippen LogP contribution >= 0.6 is 6.72 Å². The molecule has 1 saturated heterocycles. The summed E-state index contributed by atoms with van der Waals surface area (Å²) < 4.78 is 17.6. The topological polar surface area (TPSA) is 100 Å². The molecule has 3 N–H and O–H groups in total. The van der Waals surface area contributed by atoms with Gasteiger partial charge < -0.3 is 34.0 Å². The van der Waals surface area contributed by atoms with Crippen molar-refractivity contribution in [2.75, 3.05) is 0 Å². The van der Waals surface area contributed by atoms with E-state index in [1.807, 2.05) is 0 Å². The standard InChI is InChI=1S/C18H33N2O6PS/c1-11-10-20(16(22)19-15(11)21)14-8-12(13(24-14)9-17(2,3)4)25-27(23,28)26-18(5,6)7/h10,12-14,16,22H,8-9H2,1-7H3,(H,19,21)(H,23,28)/t12?,13-,14-,16?,27?/m1/s1. The lowest BCUT2D eigenvalue weighted by molar-refractivity contribution is -0.142. The molecule has 0 bridgehead atoms. The SMILES string of the molecule is CC1=CN([C@H]2CC(OP(O)(=S)OC(C)(C)C)[C@@H](CC(C)(C)C)O2)C(O)NC1=O. The van der Waals surface area contributed by atoms with Crippen molar-refractivity contribution in [1.82, 2.24) is 10.2 Å². The van der Waals surface area contributed by atoms with Gasteiger partial charge in [-0.3, -0.25) is 4.79 Å². The van der Waals surface area contributed by atoms with Gasteiger partial charge in [-0.2, -0.15) is 0 Å². The second-order valence-electron chi connectivity index (χ2n) is 9.55. The van der Waals surface area contributed by atoms with E-state index in [9.17, 15) is 14.8 Å². The first-order valence-electron chi connectivity index (χ1n) is 9.38. The molecule has 0 aromatic rings. The van der Waals surface area contributed by atoms with Crippen molar-refractivity contribution < 1.29 is 28.6 Å². The second-order valence-corrected chi connectivity index (χ2v) is 12.3. The van der Waals surface area contributed by atoms with Crippen LogP contribution in [0.3, 0.4) is 0 Å². The highest BCUT2D eigenvalue weighted by Gasteiger charge is 2.45. The van der Waals surface area contributed by atoms with Crippen molar-refractivity contribution in [3.63, 3.8) is 0 Å². The Bertz CT molecular complexity index is 672. The van der Waals surface area contributed by atoms with Crippen molar-refractivity contribution in [3.8, 4) is 0 Å². The quantitative estimate of drug-likeness (QED) is 0.566. The molecular formula is C18H33N2O6PS. The Morgan fingerprint density at radius 1 is 1.36 bits per heavy atom. The average molecular weight is 437 g/mol. The first kappa shape index (κ1) is 23.7. The number of carbonyl (C=O) groups is 1. The summed E-state index contributed by atoms with van der Waals surface area (Å²) in [4.78, 5) is 23.8. The Morgan fingerprint density at radius 3 is 2.50 bits per heavy atom. The van der Waals surface area contributed by atoms with Crippen LogP contribution in [0.2, 0.25) is 0 Å². The minimum Gasteiger partial charge on any atom is -0.356 e. The van der Waals surface area contributed by atoms with Crippen molar-refractivity contribution >= 4 is 24.4 Å². The predicted octanol–water partition coefficient (Wildman–Crippen LogP) is 2.57. The smallest absolute Gasteiger partial charge is 0.325 e. The maximum atomic E-state index is 11.7. The number of nitrogens with zero attached hydrogens (tertiary/aromatic N) is 1. The number of nitrogens with one attached hydrogen (secondary N) is 1. The van der Waals surface area contributed by atoms with Gasteiger partial charge in [-0.15, -0.1) is 0 Å². The molecule has 8 nitrogen and oxygen atoms in total. The first-order valence-corrected chi connectivity index (χ1v) is 12.0. The van der Waals surface area contributed by atoms with Crippen LogP contribution < -0.4 is 5.32 Å². The summed E-state index contributed by atoms with van der Waals surface area (Å²) in [5.74, 6) is -0.328. The molecular weight excluding hydrogens is 403 g/mol. The zero-order valence-electron chi connectivity index (χ0n) is 17.6. The maximum Gasteiger partial charge on any atom is 0.325 e. The van der Waals surface area contributed by atoms with Gasteiger partial charge in [-0.05, 0) is 51.3 Å². The van der Waals surface area contributed by atoms with Gasteiger partial charge in [0.2, 0.25) is 6.35 Å². The molecule has 28 heavy (non-hydrogen) atoms. The zero-order valence-corrected chi connectivity index (χ0v) is 19.3. The van der Waals surface area contributed by atoms with Crippen molar-refractivity contribution in [2.45, 2.75) is 91.7 Å². The number of ether oxygens (including phenoxy) is 1. The van der Waals surface area contributed by atoms with E-state index >= 15 is 0 Å². The molecule has 0 saturated carbocycles. The third kappa shape index (κ3) is 6.76.